The molecule has 3 heterocycles. The van der Waals surface area contributed by atoms with Crippen molar-refractivity contribution in [3.8, 4) is 0 Å². The second kappa shape index (κ2) is 12.4. The van der Waals surface area contributed by atoms with Gasteiger partial charge in [0.15, 0.2) is 5.69 Å². The number of hydrogen-bond donors (Lipinski definition) is 0. The number of carbonyl (C=O) groups is 2. The number of halogens is 6. The Labute approximate surface area is 248 Å². The number of aromatic nitrogens is 3. The van der Waals surface area contributed by atoms with Gasteiger partial charge in [0.25, 0.3) is 6.01 Å². The van der Waals surface area contributed by atoms with Crippen LogP contribution in [0.2, 0.25) is 0 Å². The number of alkyl halides is 6. The molecule has 4 rings (SSSR count). The lowest BCUT2D eigenvalue weighted by Crippen LogP contribution is -2.48. The van der Waals surface area contributed by atoms with Crippen molar-refractivity contribution in [2.24, 2.45) is 7.05 Å². The van der Waals surface area contributed by atoms with Crippen LogP contribution in [0.3, 0.4) is 0 Å². The molecule has 2 aromatic heterocycles. The second-order valence-corrected chi connectivity index (χ2v) is 10.1. The van der Waals surface area contributed by atoms with Crippen LogP contribution in [-0.2, 0) is 35.4 Å². The average Bonchev–Trinajstić information content (AvgIpc) is 3.55. The molecule has 10 nitrogen and oxygen atoms in total. The lowest BCUT2D eigenvalue weighted by atomic mass is 9.90. The maximum atomic E-state index is 13.7. The summed E-state index contributed by atoms with van der Waals surface area (Å²) < 4.78 is 99.7. The molecule has 0 spiro atoms. The van der Waals surface area contributed by atoms with Gasteiger partial charge in [-0.3, -0.25) is 9.58 Å². The molecule has 2 atom stereocenters. The molecule has 0 saturated carbocycles. The van der Waals surface area contributed by atoms with E-state index in [2.05, 4.69) is 10.1 Å². The van der Waals surface area contributed by atoms with Gasteiger partial charge in [-0.25, -0.2) is 9.59 Å². The van der Waals surface area contributed by atoms with Crippen molar-refractivity contribution in [2.75, 3.05) is 23.0 Å². The van der Waals surface area contributed by atoms with Crippen LogP contribution in [-0.4, -0.2) is 46.1 Å². The first kappa shape index (κ1) is 32.7. The Morgan fingerprint density at radius 1 is 1.02 bits per heavy atom. The van der Waals surface area contributed by atoms with E-state index in [1.807, 2.05) is 6.92 Å². The summed E-state index contributed by atoms with van der Waals surface area (Å²) in [5.41, 5.74) is -2.65. The van der Waals surface area contributed by atoms with E-state index in [4.69, 9.17) is 13.9 Å². The highest BCUT2D eigenvalue weighted by Crippen LogP contribution is 2.45. The van der Waals surface area contributed by atoms with Crippen molar-refractivity contribution >= 4 is 23.9 Å². The summed E-state index contributed by atoms with van der Waals surface area (Å²) >= 11 is 0. The third kappa shape index (κ3) is 6.48. The molecule has 1 aromatic carbocycles. The third-order valence-corrected chi connectivity index (χ3v) is 7.19. The van der Waals surface area contributed by atoms with Crippen LogP contribution in [0.5, 0.6) is 0 Å². The number of esters is 1. The van der Waals surface area contributed by atoms with Crippen LogP contribution in [0.4, 0.5) is 43.0 Å². The topological polar surface area (TPSA) is 103 Å². The first-order chi connectivity index (χ1) is 20.6. The Balaban J connectivity index is 1.92. The van der Waals surface area contributed by atoms with Crippen molar-refractivity contribution in [2.45, 2.75) is 71.5 Å². The van der Waals surface area contributed by atoms with E-state index in [1.54, 1.807) is 27.8 Å². The number of hydrogen-bond acceptors (Lipinski definition) is 8. The molecule has 240 valence electrons. The van der Waals surface area contributed by atoms with E-state index in [-0.39, 0.29) is 43.0 Å². The second-order valence-electron chi connectivity index (χ2n) is 10.1. The fourth-order valence-corrected chi connectivity index (χ4v) is 5.37. The summed E-state index contributed by atoms with van der Waals surface area (Å²) in [7, 11) is 1.60. The maximum Gasteiger partial charge on any atom is 0.416 e. The highest BCUT2D eigenvalue weighted by Gasteiger charge is 2.44. The van der Waals surface area contributed by atoms with Crippen molar-refractivity contribution < 1.29 is 49.8 Å². The number of amides is 1. The Morgan fingerprint density at radius 3 is 2.18 bits per heavy atom. The standard InChI is InChI=1S/C28H31F6N5O5/c1-6-19-12-21(22-15(4)36-37(5)23(22)39(19)26(41)43-8-3)38(25-35-20(14-44-25)24(40)42-7-2)13-16-9-17(27(29,30)31)11-18(10-16)28(32,33)34/h9-11,14,19,21H,6-8,12-13H2,1-5H3. The molecule has 1 aliphatic rings. The predicted molar refractivity (Wildman–Crippen MR) is 144 cm³/mol. The van der Waals surface area contributed by atoms with Crippen LogP contribution < -0.4 is 9.80 Å². The molecule has 0 saturated heterocycles. The summed E-state index contributed by atoms with van der Waals surface area (Å²) in [6, 6.07) is -0.286. The molecule has 0 bridgehead atoms. The highest BCUT2D eigenvalue weighted by molar-refractivity contribution is 5.90. The van der Waals surface area contributed by atoms with Gasteiger partial charge in [0.2, 0.25) is 0 Å². The number of oxazole rings is 1. The van der Waals surface area contributed by atoms with Crippen molar-refractivity contribution in [1.82, 2.24) is 14.8 Å². The van der Waals surface area contributed by atoms with Gasteiger partial charge in [0.05, 0.1) is 36.1 Å². The van der Waals surface area contributed by atoms with Crippen LogP contribution in [0.15, 0.2) is 28.9 Å². The Kier molecular flexibility index (Phi) is 9.21. The zero-order chi connectivity index (χ0) is 32.6. The number of rotatable bonds is 8. The molecule has 0 radical (unpaired) electrons. The van der Waals surface area contributed by atoms with Gasteiger partial charge in [0, 0.05) is 25.2 Å². The van der Waals surface area contributed by atoms with Gasteiger partial charge < -0.3 is 18.8 Å². The zero-order valence-electron chi connectivity index (χ0n) is 24.5. The summed E-state index contributed by atoms with van der Waals surface area (Å²) in [6.07, 6.45) is -9.21. The number of aryl methyl sites for hydroxylation is 2. The summed E-state index contributed by atoms with van der Waals surface area (Å²) in [5, 5.41) is 4.46. The molecule has 1 amide bonds. The van der Waals surface area contributed by atoms with Gasteiger partial charge in [-0.05, 0) is 57.4 Å². The molecule has 16 heteroatoms. The van der Waals surface area contributed by atoms with Gasteiger partial charge in [0.1, 0.15) is 12.1 Å². The van der Waals surface area contributed by atoms with E-state index >= 15 is 0 Å². The molecule has 0 fully saturated rings. The largest absolute Gasteiger partial charge is 0.461 e. The van der Waals surface area contributed by atoms with Gasteiger partial charge >= 0.3 is 24.4 Å². The Morgan fingerprint density at radius 2 is 1.64 bits per heavy atom. The fraction of sp³-hybridized carbons (Fsp3) is 0.500. The van der Waals surface area contributed by atoms with Crippen LogP contribution in [0.1, 0.15) is 78.1 Å². The summed E-state index contributed by atoms with van der Waals surface area (Å²) in [6.45, 7) is 6.28. The number of anilines is 2. The van der Waals surface area contributed by atoms with Crippen LogP contribution >= 0.6 is 0 Å². The zero-order valence-corrected chi connectivity index (χ0v) is 24.5. The molecule has 3 aromatic rings. The van der Waals surface area contributed by atoms with Crippen molar-refractivity contribution in [3.63, 3.8) is 0 Å². The minimum absolute atomic E-state index is 0.0257. The van der Waals surface area contributed by atoms with E-state index in [0.29, 0.717) is 35.6 Å². The van der Waals surface area contributed by atoms with Crippen LogP contribution in [0.25, 0.3) is 0 Å². The number of ether oxygens (including phenoxy) is 2. The van der Waals surface area contributed by atoms with E-state index in [1.165, 1.54) is 14.5 Å². The van der Waals surface area contributed by atoms with Crippen molar-refractivity contribution in [3.05, 3.63) is 58.1 Å². The number of nitrogens with zero attached hydrogens (tertiary/aromatic N) is 5. The monoisotopic (exact) mass is 631 g/mol. The summed E-state index contributed by atoms with van der Waals surface area (Å²) in [4.78, 5) is 32.5. The lowest BCUT2D eigenvalue weighted by Gasteiger charge is -2.42. The normalized spacial score (nSPS) is 16.9. The van der Waals surface area contributed by atoms with Gasteiger partial charge in [-0.2, -0.15) is 36.4 Å². The van der Waals surface area contributed by atoms with Gasteiger partial charge in [-0.15, -0.1) is 0 Å². The van der Waals surface area contributed by atoms with Crippen molar-refractivity contribution in [1.29, 1.82) is 0 Å². The first-order valence-electron chi connectivity index (χ1n) is 13.8. The van der Waals surface area contributed by atoms with E-state index in [0.717, 1.165) is 6.26 Å². The molecular weight excluding hydrogens is 600 g/mol. The fourth-order valence-electron chi connectivity index (χ4n) is 5.37. The average molecular weight is 632 g/mol. The minimum Gasteiger partial charge on any atom is -0.461 e. The SMILES string of the molecule is CCOC(=O)c1coc(N(Cc2cc(C(F)(F)F)cc(C(F)(F)F)c2)C2CC(CC)N(C(=O)OCC)c3c2c(C)nn3C)n1. The molecule has 44 heavy (non-hydrogen) atoms. The predicted octanol–water partition coefficient (Wildman–Crippen LogP) is 6.82. The first-order valence-corrected chi connectivity index (χ1v) is 13.8. The third-order valence-electron chi connectivity index (χ3n) is 7.19. The molecule has 2 unspecified atom stereocenters. The van der Waals surface area contributed by atoms with Gasteiger partial charge in [-0.1, -0.05) is 6.92 Å². The van der Waals surface area contributed by atoms with E-state index in [9.17, 15) is 35.9 Å². The molecule has 0 aliphatic carbocycles. The Hall–Kier alpha value is -4.24. The maximum absolute atomic E-state index is 13.7. The molecule has 1 aliphatic heterocycles. The highest BCUT2D eigenvalue weighted by atomic mass is 19.4. The number of fused-ring (bicyclic) bond motifs is 1. The molecule has 0 N–H and O–H groups in total. The minimum atomic E-state index is -5.06. The van der Waals surface area contributed by atoms with Crippen LogP contribution in [0, 0.1) is 6.92 Å². The molecular formula is C28H31F6N5O5. The Bertz CT molecular complexity index is 1480. The number of benzene rings is 1. The van der Waals surface area contributed by atoms with E-state index < -0.39 is 54.2 Å². The lowest BCUT2D eigenvalue weighted by molar-refractivity contribution is -0.143. The quantitative estimate of drug-likeness (QED) is 0.197. The summed E-state index contributed by atoms with van der Waals surface area (Å²) in [5.74, 6) is -0.492. The smallest absolute Gasteiger partial charge is 0.416 e. The number of carbonyl (C=O) groups excluding carboxylic acids is 2.